The summed E-state index contributed by atoms with van der Waals surface area (Å²) in [6.45, 7) is 4.68. The first kappa shape index (κ1) is 27.9. The minimum atomic E-state index is -4.57. The zero-order chi connectivity index (χ0) is 26.9. The Morgan fingerprint density at radius 2 is 1.81 bits per heavy atom. The number of benzene rings is 1. The quantitative estimate of drug-likeness (QED) is 0.451. The fourth-order valence-corrected chi connectivity index (χ4v) is 6.37. The van der Waals surface area contributed by atoms with Gasteiger partial charge in [0.25, 0.3) is 11.9 Å². The van der Waals surface area contributed by atoms with E-state index in [4.69, 9.17) is 4.42 Å². The maximum absolute atomic E-state index is 13.0. The number of nitrogens with one attached hydrogen (secondary N) is 3. The van der Waals surface area contributed by atoms with Crippen molar-refractivity contribution in [2.45, 2.75) is 51.1 Å². The molecule has 1 saturated heterocycles. The number of aryl methyl sites for hydroxylation is 1. The molecule has 2 aromatic rings. The molecule has 1 aliphatic rings. The molecule has 1 aromatic carbocycles. The van der Waals surface area contributed by atoms with Gasteiger partial charge in [-0.25, -0.2) is 17.9 Å². The van der Waals surface area contributed by atoms with E-state index < -0.39 is 48.8 Å². The van der Waals surface area contributed by atoms with E-state index in [9.17, 15) is 34.8 Å². The van der Waals surface area contributed by atoms with Crippen LogP contribution in [0.2, 0.25) is 0 Å². The SMILES string of the molecule is Cc1ccc(C(F)(F)F)cc1Nc1nc(C(=O)NS(=O)(=O)N2CCC(S(=O)(=O)NC(C)C)CC2)co1. The van der Waals surface area contributed by atoms with Crippen molar-refractivity contribution in [1.29, 1.82) is 0 Å². The molecule has 1 aromatic heterocycles. The Morgan fingerprint density at radius 1 is 1.17 bits per heavy atom. The van der Waals surface area contributed by atoms with Crippen LogP contribution in [0.15, 0.2) is 28.9 Å². The third kappa shape index (κ3) is 6.74. The maximum Gasteiger partial charge on any atom is 0.416 e. The van der Waals surface area contributed by atoms with Gasteiger partial charge in [0, 0.05) is 24.8 Å². The fourth-order valence-electron chi connectivity index (χ4n) is 3.53. The normalized spacial score (nSPS) is 16.3. The highest BCUT2D eigenvalue weighted by atomic mass is 32.2. The second-order valence-electron chi connectivity index (χ2n) is 8.54. The van der Waals surface area contributed by atoms with Gasteiger partial charge in [-0.05, 0) is 51.3 Å². The number of alkyl halides is 3. The second kappa shape index (κ2) is 10.4. The van der Waals surface area contributed by atoms with Crippen molar-refractivity contribution < 1.29 is 39.2 Å². The number of hydrogen-bond donors (Lipinski definition) is 3. The number of nitrogens with zero attached hydrogens (tertiary/aromatic N) is 2. The van der Waals surface area contributed by atoms with Crippen LogP contribution < -0.4 is 14.8 Å². The average molecular weight is 554 g/mol. The number of rotatable bonds is 8. The summed E-state index contributed by atoms with van der Waals surface area (Å²) in [5.41, 5.74) is -0.841. The highest BCUT2D eigenvalue weighted by Crippen LogP contribution is 2.33. The molecule has 3 rings (SSSR count). The largest absolute Gasteiger partial charge is 0.431 e. The Labute approximate surface area is 206 Å². The lowest BCUT2D eigenvalue weighted by Crippen LogP contribution is -2.50. The van der Waals surface area contributed by atoms with Gasteiger partial charge in [-0.15, -0.1) is 0 Å². The number of carbonyl (C=O) groups excluding carboxylic acids is 1. The highest BCUT2D eigenvalue weighted by Gasteiger charge is 2.35. The van der Waals surface area contributed by atoms with E-state index >= 15 is 0 Å². The van der Waals surface area contributed by atoms with Crippen LogP contribution in [-0.2, 0) is 26.4 Å². The minimum Gasteiger partial charge on any atom is -0.431 e. The Kier molecular flexibility index (Phi) is 8.02. The Hall–Kier alpha value is -2.69. The summed E-state index contributed by atoms with van der Waals surface area (Å²) in [6.07, 6.45) is -3.62. The predicted octanol–water partition coefficient (Wildman–Crippen LogP) is 2.51. The van der Waals surface area contributed by atoms with E-state index in [-0.39, 0.29) is 43.7 Å². The first-order valence-corrected chi connectivity index (χ1v) is 13.8. The average Bonchev–Trinajstić information content (AvgIpc) is 3.22. The topological polar surface area (TPSA) is 151 Å². The van der Waals surface area contributed by atoms with E-state index in [2.05, 4.69) is 15.0 Å². The van der Waals surface area contributed by atoms with E-state index in [1.807, 2.05) is 4.72 Å². The van der Waals surface area contributed by atoms with E-state index in [1.54, 1.807) is 20.8 Å². The summed E-state index contributed by atoms with van der Waals surface area (Å²) < 4.78 is 99.1. The zero-order valence-corrected chi connectivity index (χ0v) is 21.2. The zero-order valence-electron chi connectivity index (χ0n) is 19.6. The molecule has 0 atom stereocenters. The maximum atomic E-state index is 13.0. The molecule has 200 valence electrons. The van der Waals surface area contributed by atoms with Crippen LogP contribution in [0.3, 0.4) is 0 Å². The number of aromatic nitrogens is 1. The molecule has 1 aliphatic heterocycles. The van der Waals surface area contributed by atoms with Gasteiger partial charge in [-0.1, -0.05) is 6.07 Å². The summed E-state index contributed by atoms with van der Waals surface area (Å²) in [5, 5.41) is 1.78. The Balaban J connectivity index is 1.63. The van der Waals surface area contributed by atoms with Crippen LogP contribution in [0.25, 0.3) is 0 Å². The van der Waals surface area contributed by atoms with Gasteiger partial charge in [-0.2, -0.15) is 30.9 Å². The summed E-state index contributed by atoms with van der Waals surface area (Å²) in [7, 11) is -7.91. The lowest BCUT2D eigenvalue weighted by atomic mass is 10.1. The van der Waals surface area contributed by atoms with Crippen molar-refractivity contribution in [3.8, 4) is 0 Å². The standard InChI is InChI=1S/C20H26F3N5O6S2/c1-12(2)26-35(30,31)15-6-8-28(9-7-15)36(32,33)27-18(29)17-11-34-19(25-17)24-16-10-14(20(21,22)23)5-4-13(16)3/h4-5,10-12,15,26H,6-9H2,1-3H3,(H,24,25)(H,27,29). The van der Waals surface area contributed by atoms with Gasteiger partial charge < -0.3 is 9.73 Å². The molecule has 0 saturated carbocycles. The van der Waals surface area contributed by atoms with Gasteiger partial charge in [0.1, 0.15) is 6.26 Å². The molecule has 0 unspecified atom stereocenters. The third-order valence-electron chi connectivity index (χ3n) is 5.34. The van der Waals surface area contributed by atoms with Crippen LogP contribution in [0.4, 0.5) is 24.9 Å². The van der Waals surface area contributed by atoms with Crippen molar-refractivity contribution in [1.82, 2.24) is 18.7 Å². The van der Waals surface area contributed by atoms with Crippen LogP contribution >= 0.6 is 0 Å². The number of amides is 1. The summed E-state index contributed by atoms with van der Waals surface area (Å²) in [5.74, 6) is -1.12. The Morgan fingerprint density at radius 3 is 2.39 bits per heavy atom. The summed E-state index contributed by atoms with van der Waals surface area (Å²) in [4.78, 5) is 16.2. The molecule has 0 bridgehead atoms. The molecule has 1 fully saturated rings. The van der Waals surface area contributed by atoms with Gasteiger partial charge in [0.05, 0.1) is 10.8 Å². The number of oxazole rings is 1. The van der Waals surface area contributed by atoms with Crippen LogP contribution in [0, 0.1) is 6.92 Å². The highest BCUT2D eigenvalue weighted by molar-refractivity contribution is 7.90. The minimum absolute atomic E-state index is 0.0380. The second-order valence-corrected chi connectivity index (χ2v) is 12.2. The van der Waals surface area contributed by atoms with Crippen LogP contribution in [0.1, 0.15) is 48.3 Å². The molecule has 0 spiro atoms. The Bertz CT molecular complexity index is 1320. The van der Waals surface area contributed by atoms with E-state index in [0.29, 0.717) is 5.56 Å². The monoisotopic (exact) mass is 553 g/mol. The molecule has 16 heteroatoms. The van der Waals surface area contributed by atoms with Gasteiger partial charge in [0.15, 0.2) is 5.69 Å². The van der Waals surface area contributed by atoms with Crippen molar-refractivity contribution in [3.05, 3.63) is 41.3 Å². The van der Waals surface area contributed by atoms with Gasteiger partial charge in [-0.3, -0.25) is 4.79 Å². The number of anilines is 2. The molecular formula is C20H26F3N5O6S2. The number of halogens is 3. The van der Waals surface area contributed by atoms with Crippen molar-refractivity contribution in [2.24, 2.45) is 0 Å². The van der Waals surface area contributed by atoms with Crippen LogP contribution in [0.5, 0.6) is 0 Å². The fraction of sp³-hybridized carbons (Fsp3) is 0.500. The molecule has 3 N–H and O–H groups in total. The molecule has 1 amide bonds. The molecule has 2 heterocycles. The van der Waals surface area contributed by atoms with Crippen molar-refractivity contribution >= 4 is 37.8 Å². The first-order valence-electron chi connectivity index (χ1n) is 10.8. The predicted molar refractivity (Wildman–Crippen MR) is 124 cm³/mol. The molecular weight excluding hydrogens is 527 g/mol. The number of hydrogen-bond acceptors (Lipinski definition) is 8. The smallest absolute Gasteiger partial charge is 0.416 e. The molecule has 0 radical (unpaired) electrons. The van der Waals surface area contributed by atoms with E-state index in [0.717, 1.165) is 22.7 Å². The van der Waals surface area contributed by atoms with Gasteiger partial charge >= 0.3 is 16.4 Å². The van der Waals surface area contributed by atoms with Crippen LogP contribution in [-0.4, -0.2) is 56.4 Å². The number of sulfonamides is 1. The summed E-state index contributed by atoms with van der Waals surface area (Å²) in [6, 6.07) is 2.41. The van der Waals surface area contributed by atoms with E-state index in [1.165, 1.54) is 6.07 Å². The molecule has 0 aliphatic carbocycles. The van der Waals surface area contributed by atoms with Gasteiger partial charge in [0.2, 0.25) is 10.0 Å². The lowest BCUT2D eigenvalue weighted by Gasteiger charge is -2.31. The van der Waals surface area contributed by atoms with Crippen molar-refractivity contribution in [2.75, 3.05) is 18.4 Å². The first-order chi connectivity index (χ1) is 16.6. The molecule has 36 heavy (non-hydrogen) atoms. The number of carbonyl (C=O) groups is 1. The molecule has 11 nitrogen and oxygen atoms in total. The number of piperidine rings is 1. The lowest BCUT2D eigenvalue weighted by molar-refractivity contribution is -0.137. The van der Waals surface area contributed by atoms with Crippen molar-refractivity contribution in [3.63, 3.8) is 0 Å². The summed E-state index contributed by atoms with van der Waals surface area (Å²) >= 11 is 0. The third-order valence-corrected chi connectivity index (χ3v) is 8.98.